The Balaban J connectivity index is 1.95. The molecule has 0 radical (unpaired) electrons. The lowest BCUT2D eigenvalue weighted by Gasteiger charge is -2.10. The van der Waals surface area contributed by atoms with Gasteiger partial charge in [0, 0.05) is 17.7 Å². The van der Waals surface area contributed by atoms with Gasteiger partial charge in [-0.25, -0.2) is 0 Å². The fraction of sp³-hybridized carbons (Fsp3) is 0.176. The van der Waals surface area contributed by atoms with E-state index in [2.05, 4.69) is 10.9 Å². The van der Waals surface area contributed by atoms with Crippen molar-refractivity contribution in [1.29, 1.82) is 0 Å². The molecule has 0 heterocycles. The molecule has 0 spiro atoms. The first-order valence-electron chi connectivity index (χ1n) is 7.49. The largest absolute Gasteiger partial charge is 0.493 e. The zero-order valence-electron chi connectivity index (χ0n) is 14.1. The van der Waals surface area contributed by atoms with Gasteiger partial charge >= 0.3 is 0 Å². The summed E-state index contributed by atoms with van der Waals surface area (Å²) in [7, 11) is 2.99. The van der Waals surface area contributed by atoms with Crippen LogP contribution in [0, 0.1) is 10.1 Å². The molecule has 2 aromatic carbocycles. The second-order valence-corrected chi connectivity index (χ2v) is 5.18. The SMILES string of the molecule is COc1ccc(CC(=O)NNC(=O)c2cccc([N+](=O)[O-])c2)cc1OC. The number of nitro benzene ring substituents is 1. The minimum Gasteiger partial charge on any atom is -0.493 e. The van der Waals surface area contributed by atoms with Gasteiger partial charge in [-0.1, -0.05) is 12.1 Å². The molecule has 0 bridgehead atoms. The van der Waals surface area contributed by atoms with Gasteiger partial charge in [-0.3, -0.25) is 30.6 Å². The van der Waals surface area contributed by atoms with Crippen LogP contribution < -0.4 is 20.3 Å². The molecule has 0 saturated heterocycles. The smallest absolute Gasteiger partial charge is 0.270 e. The molecule has 2 aromatic rings. The maximum Gasteiger partial charge on any atom is 0.270 e. The van der Waals surface area contributed by atoms with Crippen molar-refractivity contribution in [3.8, 4) is 11.5 Å². The number of benzene rings is 2. The minimum atomic E-state index is -0.658. The first-order valence-corrected chi connectivity index (χ1v) is 7.49. The Morgan fingerprint density at radius 3 is 2.42 bits per heavy atom. The Kier molecular flexibility index (Phi) is 6.10. The number of amides is 2. The lowest BCUT2D eigenvalue weighted by Crippen LogP contribution is -2.42. The number of hydrogen-bond donors (Lipinski definition) is 2. The molecule has 136 valence electrons. The predicted molar refractivity (Wildman–Crippen MR) is 92.0 cm³/mol. The molecule has 2 amide bonds. The van der Waals surface area contributed by atoms with Crippen LogP contribution in [0.15, 0.2) is 42.5 Å². The number of carbonyl (C=O) groups is 2. The minimum absolute atomic E-state index is 0.00439. The van der Waals surface area contributed by atoms with E-state index in [9.17, 15) is 19.7 Å². The van der Waals surface area contributed by atoms with E-state index in [4.69, 9.17) is 9.47 Å². The van der Waals surface area contributed by atoms with E-state index in [1.54, 1.807) is 18.2 Å². The second kappa shape index (κ2) is 8.47. The van der Waals surface area contributed by atoms with Crippen molar-refractivity contribution >= 4 is 17.5 Å². The van der Waals surface area contributed by atoms with Crippen molar-refractivity contribution in [1.82, 2.24) is 10.9 Å². The zero-order valence-corrected chi connectivity index (χ0v) is 14.1. The fourth-order valence-corrected chi connectivity index (χ4v) is 2.18. The van der Waals surface area contributed by atoms with Crippen LogP contribution in [-0.4, -0.2) is 31.0 Å². The van der Waals surface area contributed by atoms with Gasteiger partial charge in [-0.05, 0) is 23.8 Å². The van der Waals surface area contributed by atoms with E-state index in [0.29, 0.717) is 17.1 Å². The van der Waals surface area contributed by atoms with Crippen molar-refractivity contribution in [3.05, 3.63) is 63.7 Å². The molecule has 0 aliphatic heterocycles. The Morgan fingerprint density at radius 2 is 1.77 bits per heavy atom. The molecule has 0 atom stereocenters. The molecular formula is C17H17N3O6. The Morgan fingerprint density at radius 1 is 1.04 bits per heavy atom. The number of nitrogens with one attached hydrogen (secondary N) is 2. The number of ether oxygens (including phenoxy) is 2. The number of hydrazine groups is 1. The number of hydrogen-bond acceptors (Lipinski definition) is 6. The summed E-state index contributed by atoms with van der Waals surface area (Å²) in [5, 5.41) is 10.7. The van der Waals surface area contributed by atoms with E-state index in [-0.39, 0.29) is 17.7 Å². The number of nitro groups is 1. The van der Waals surface area contributed by atoms with Crippen LogP contribution in [0.4, 0.5) is 5.69 Å². The summed E-state index contributed by atoms with van der Waals surface area (Å²) >= 11 is 0. The summed E-state index contributed by atoms with van der Waals surface area (Å²) < 4.78 is 10.3. The summed E-state index contributed by atoms with van der Waals surface area (Å²) in [5.74, 6) is -0.0978. The monoisotopic (exact) mass is 359 g/mol. The molecule has 0 aliphatic carbocycles. The van der Waals surface area contributed by atoms with Crippen LogP contribution in [0.5, 0.6) is 11.5 Å². The van der Waals surface area contributed by atoms with Gasteiger partial charge in [0.15, 0.2) is 11.5 Å². The molecule has 0 aliphatic rings. The molecule has 9 heteroatoms. The highest BCUT2D eigenvalue weighted by Gasteiger charge is 2.13. The van der Waals surface area contributed by atoms with Gasteiger partial charge in [0.05, 0.1) is 25.6 Å². The van der Waals surface area contributed by atoms with Gasteiger partial charge in [-0.2, -0.15) is 0 Å². The third-order valence-corrected chi connectivity index (χ3v) is 3.45. The van der Waals surface area contributed by atoms with Gasteiger partial charge in [0.25, 0.3) is 11.6 Å². The third-order valence-electron chi connectivity index (χ3n) is 3.45. The molecular weight excluding hydrogens is 342 g/mol. The Labute approximate surface area is 149 Å². The van der Waals surface area contributed by atoms with Crippen molar-refractivity contribution in [2.75, 3.05) is 14.2 Å². The van der Waals surface area contributed by atoms with Gasteiger partial charge in [0.2, 0.25) is 5.91 Å². The summed E-state index contributed by atoms with van der Waals surface area (Å²) in [5.41, 5.74) is 4.99. The van der Waals surface area contributed by atoms with Gasteiger partial charge < -0.3 is 9.47 Å². The summed E-state index contributed by atoms with van der Waals surface area (Å²) in [4.78, 5) is 34.1. The van der Waals surface area contributed by atoms with E-state index in [1.807, 2.05) is 0 Å². The highest BCUT2D eigenvalue weighted by Crippen LogP contribution is 2.27. The van der Waals surface area contributed by atoms with E-state index >= 15 is 0 Å². The van der Waals surface area contributed by atoms with E-state index in [0.717, 1.165) is 6.07 Å². The van der Waals surface area contributed by atoms with Crippen molar-refractivity contribution < 1.29 is 24.0 Å². The van der Waals surface area contributed by atoms with Crippen LogP contribution in [0.2, 0.25) is 0 Å². The maximum absolute atomic E-state index is 12.0. The van der Waals surface area contributed by atoms with Crippen molar-refractivity contribution in [2.45, 2.75) is 6.42 Å². The average Bonchev–Trinajstić information content (AvgIpc) is 2.66. The highest BCUT2D eigenvalue weighted by atomic mass is 16.6. The highest BCUT2D eigenvalue weighted by molar-refractivity contribution is 5.96. The summed E-state index contributed by atoms with van der Waals surface area (Å²) in [6, 6.07) is 10.2. The lowest BCUT2D eigenvalue weighted by molar-refractivity contribution is -0.384. The Bertz CT molecular complexity index is 837. The first-order chi connectivity index (χ1) is 12.4. The summed E-state index contributed by atoms with van der Waals surface area (Å²) in [6.07, 6.45) is -0.00439. The topological polar surface area (TPSA) is 120 Å². The summed E-state index contributed by atoms with van der Waals surface area (Å²) in [6.45, 7) is 0. The fourth-order valence-electron chi connectivity index (χ4n) is 2.18. The maximum atomic E-state index is 12.0. The number of methoxy groups -OCH3 is 2. The van der Waals surface area contributed by atoms with Crippen LogP contribution in [-0.2, 0) is 11.2 Å². The van der Waals surface area contributed by atoms with E-state index in [1.165, 1.54) is 32.4 Å². The second-order valence-electron chi connectivity index (χ2n) is 5.18. The van der Waals surface area contributed by atoms with E-state index < -0.39 is 16.7 Å². The predicted octanol–water partition coefficient (Wildman–Crippen LogP) is 1.62. The van der Waals surface area contributed by atoms with Crippen molar-refractivity contribution in [2.24, 2.45) is 0 Å². The molecule has 9 nitrogen and oxygen atoms in total. The molecule has 2 rings (SSSR count). The number of rotatable bonds is 6. The lowest BCUT2D eigenvalue weighted by atomic mass is 10.1. The number of non-ortho nitro benzene ring substituents is 1. The quantitative estimate of drug-likeness (QED) is 0.597. The number of carbonyl (C=O) groups excluding carboxylic acids is 2. The van der Waals surface area contributed by atoms with Crippen molar-refractivity contribution in [3.63, 3.8) is 0 Å². The number of nitrogens with zero attached hydrogens (tertiary/aromatic N) is 1. The van der Waals surface area contributed by atoms with Gasteiger partial charge in [0.1, 0.15) is 0 Å². The van der Waals surface area contributed by atoms with Crippen LogP contribution in [0.3, 0.4) is 0 Å². The van der Waals surface area contributed by atoms with Crippen LogP contribution in [0.25, 0.3) is 0 Å². The molecule has 0 unspecified atom stereocenters. The molecule has 26 heavy (non-hydrogen) atoms. The Hall–Kier alpha value is -3.62. The average molecular weight is 359 g/mol. The molecule has 0 fully saturated rings. The standard InChI is InChI=1S/C17H17N3O6/c1-25-14-7-6-11(8-15(14)26-2)9-16(21)18-19-17(22)12-4-3-5-13(10-12)20(23)24/h3-8,10H,9H2,1-2H3,(H,18,21)(H,19,22). The third kappa shape index (κ3) is 4.69. The zero-order chi connectivity index (χ0) is 19.1. The molecule has 2 N–H and O–H groups in total. The molecule has 0 aromatic heterocycles. The first kappa shape index (κ1) is 18.7. The normalized spacial score (nSPS) is 9.92. The van der Waals surface area contributed by atoms with Crippen LogP contribution in [0.1, 0.15) is 15.9 Å². The van der Waals surface area contributed by atoms with Gasteiger partial charge in [-0.15, -0.1) is 0 Å². The van der Waals surface area contributed by atoms with Crippen LogP contribution >= 0.6 is 0 Å². The molecule has 0 saturated carbocycles.